The zero-order valence-corrected chi connectivity index (χ0v) is 12.7. The Labute approximate surface area is 128 Å². The third kappa shape index (κ3) is 3.14. The molecule has 22 heavy (non-hydrogen) atoms. The third-order valence-electron chi connectivity index (χ3n) is 3.50. The number of benzene rings is 2. The Kier molecular flexibility index (Phi) is 3.99. The number of nitro benzene ring substituents is 1. The number of nitrogens with zero attached hydrogens (tertiary/aromatic N) is 1. The summed E-state index contributed by atoms with van der Waals surface area (Å²) in [6.45, 7) is 5.98. The Hall–Kier alpha value is -2.69. The van der Waals surface area contributed by atoms with Crippen LogP contribution in [0.2, 0.25) is 0 Å². The van der Waals surface area contributed by atoms with Gasteiger partial charge in [0.2, 0.25) is 0 Å². The smallest absolute Gasteiger partial charge is 0.335 e. The molecule has 1 N–H and O–H groups in total. The number of carbonyl (C=O) groups is 1. The lowest BCUT2D eigenvalue weighted by atomic mass is 9.85. The third-order valence-corrected chi connectivity index (χ3v) is 3.50. The first-order valence-electron chi connectivity index (χ1n) is 6.83. The highest BCUT2D eigenvalue weighted by atomic mass is 16.6. The van der Waals surface area contributed by atoms with E-state index < -0.39 is 10.9 Å². The van der Waals surface area contributed by atoms with Crippen LogP contribution in [-0.2, 0) is 5.41 Å². The molecule has 0 bridgehead atoms. The largest absolute Gasteiger partial charge is 0.478 e. The minimum atomic E-state index is -1.02. The second kappa shape index (κ2) is 5.60. The first-order valence-corrected chi connectivity index (χ1v) is 6.83. The topological polar surface area (TPSA) is 80.4 Å². The van der Waals surface area contributed by atoms with Crippen molar-refractivity contribution in [1.82, 2.24) is 0 Å². The van der Waals surface area contributed by atoms with Crippen LogP contribution in [-0.4, -0.2) is 16.0 Å². The molecule has 0 heterocycles. The summed E-state index contributed by atoms with van der Waals surface area (Å²) in [5.74, 6) is -1.02. The van der Waals surface area contributed by atoms with Crippen LogP contribution in [0.1, 0.15) is 36.7 Å². The van der Waals surface area contributed by atoms with Crippen LogP contribution in [0, 0.1) is 10.1 Å². The van der Waals surface area contributed by atoms with E-state index in [1.165, 1.54) is 12.1 Å². The van der Waals surface area contributed by atoms with Crippen LogP contribution in [0.5, 0.6) is 0 Å². The molecule has 2 aromatic rings. The van der Waals surface area contributed by atoms with Crippen molar-refractivity contribution in [3.05, 3.63) is 63.7 Å². The lowest BCUT2D eigenvalue weighted by Gasteiger charge is -2.19. The standard InChI is InChI=1S/C17H17NO4/c1-17(2,3)13-8-9-14(15(10-13)18(21)22)11-4-6-12(7-5-11)16(19)20/h4-10H,1-3H3,(H,19,20). The first kappa shape index (κ1) is 15.7. The number of hydrogen-bond acceptors (Lipinski definition) is 3. The summed E-state index contributed by atoms with van der Waals surface area (Å²) in [7, 11) is 0. The van der Waals surface area contributed by atoms with Crippen molar-refractivity contribution < 1.29 is 14.8 Å². The number of aromatic carboxylic acids is 1. The van der Waals surface area contributed by atoms with Gasteiger partial charge < -0.3 is 5.11 Å². The molecular weight excluding hydrogens is 282 g/mol. The summed E-state index contributed by atoms with van der Waals surface area (Å²) in [6, 6.07) is 11.2. The molecule has 0 aliphatic carbocycles. The fraction of sp³-hybridized carbons (Fsp3) is 0.235. The van der Waals surface area contributed by atoms with Gasteiger partial charge >= 0.3 is 5.97 Å². The van der Waals surface area contributed by atoms with Crippen molar-refractivity contribution in [3.63, 3.8) is 0 Å². The molecule has 0 unspecified atom stereocenters. The van der Waals surface area contributed by atoms with Crippen molar-refractivity contribution in [2.45, 2.75) is 26.2 Å². The van der Waals surface area contributed by atoms with Crippen LogP contribution in [0.3, 0.4) is 0 Å². The van der Waals surface area contributed by atoms with Gasteiger partial charge in [-0.15, -0.1) is 0 Å². The number of nitro groups is 1. The normalized spacial score (nSPS) is 11.2. The maximum absolute atomic E-state index is 11.4. The second-order valence-corrected chi connectivity index (χ2v) is 6.12. The van der Waals surface area contributed by atoms with Crippen LogP contribution in [0.25, 0.3) is 11.1 Å². The molecule has 2 rings (SSSR count). The molecule has 5 heteroatoms. The molecule has 0 fully saturated rings. The van der Waals surface area contributed by atoms with Gasteiger partial charge in [0, 0.05) is 6.07 Å². The van der Waals surface area contributed by atoms with Crippen molar-refractivity contribution in [2.24, 2.45) is 0 Å². The maximum atomic E-state index is 11.4. The summed E-state index contributed by atoms with van der Waals surface area (Å²) < 4.78 is 0. The molecule has 0 saturated heterocycles. The lowest BCUT2D eigenvalue weighted by molar-refractivity contribution is -0.384. The number of carboxylic acids is 1. The monoisotopic (exact) mass is 299 g/mol. The Morgan fingerprint density at radius 2 is 1.68 bits per heavy atom. The van der Waals surface area contributed by atoms with Crippen molar-refractivity contribution in [3.8, 4) is 11.1 Å². The molecular formula is C17H17NO4. The Morgan fingerprint density at radius 3 is 2.14 bits per heavy atom. The van der Waals surface area contributed by atoms with E-state index in [0.717, 1.165) is 5.56 Å². The van der Waals surface area contributed by atoms with E-state index in [1.54, 1.807) is 24.3 Å². The maximum Gasteiger partial charge on any atom is 0.335 e. The summed E-state index contributed by atoms with van der Waals surface area (Å²) in [5.41, 5.74) is 1.97. The molecule has 0 aromatic heterocycles. The van der Waals surface area contributed by atoms with Crippen molar-refractivity contribution >= 4 is 11.7 Å². The fourth-order valence-corrected chi connectivity index (χ4v) is 2.19. The molecule has 0 aliphatic heterocycles. The quantitative estimate of drug-likeness (QED) is 0.678. The van der Waals surface area contributed by atoms with Crippen molar-refractivity contribution in [2.75, 3.05) is 0 Å². The SMILES string of the molecule is CC(C)(C)c1ccc(-c2ccc(C(=O)O)cc2)c([N+](=O)[O-])c1. The molecule has 2 aromatic carbocycles. The lowest BCUT2D eigenvalue weighted by Crippen LogP contribution is -2.11. The number of hydrogen-bond donors (Lipinski definition) is 1. The van der Waals surface area contributed by atoms with Crippen LogP contribution < -0.4 is 0 Å². The summed E-state index contributed by atoms with van der Waals surface area (Å²) >= 11 is 0. The van der Waals surface area contributed by atoms with Crippen molar-refractivity contribution in [1.29, 1.82) is 0 Å². The van der Waals surface area contributed by atoms with Crippen LogP contribution >= 0.6 is 0 Å². The molecule has 0 aliphatic rings. The highest BCUT2D eigenvalue weighted by molar-refractivity contribution is 5.88. The van der Waals surface area contributed by atoms with Gasteiger partial charge in [-0.1, -0.05) is 39.0 Å². The highest BCUT2D eigenvalue weighted by Gasteiger charge is 2.21. The van der Waals surface area contributed by atoms with E-state index in [0.29, 0.717) is 11.1 Å². The molecule has 0 amide bonds. The van der Waals surface area contributed by atoms with Gasteiger partial charge in [0.15, 0.2) is 0 Å². The van der Waals surface area contributed by atoms with E-state index in [-0.39, 0.29) is 16.7 Å². The summed E-state index contributed by atoms with van der Waals surface area (Å²) in [6.07, 6.45) is 0. The van der Waals surface area contributed by atoms with E-state index in [4.69, 9.17) is 5.11 Å². The van der Waals surface area contributed by atoms with Crippen LogP contribution in [0.15, 0.2) is 42.5 Å². The van der Waals surface area contributed by atoms with E-state index >= 15 is 0 Å². The van der Waals surface area contributed by atoms with Gasteiger partial charge in [-0.25, -0.2) is 4.79 Å². The molecule has 5 nitrogen and oxygen atoms in total. The predicted molar refractivity (Wildman–Crippen MR) is 84.2 cm³/mol. The number of rotatable bonds is 3. The minimum Gasteiger partial charge on any atom is -0.478 e. The highest BCUT2D eigenvalue weighted by Crippen LogP contribution is 2.34. The molecule has 114 valence electrons. The van der Waals surface area contributed by atoms with E-state index in [2.05, 4.69) is 0 Å². The summed E-state index contributed by atoms with van der Waals surface area (Å²) in [4.78, 5) is 21.8. The van der Waals surface area contributed by atoms with Gasteiger partial charge in [0.1, 0.15) is 0 Å². The average molecular weight is 299 g/mol. The zero-order chi connectivity index (χ0) is 16.5. The van der Waals surface area contributed by atoms with E-state index in [9.17, 15) is 14.9 Å². The predicted octanol–water partition coefficient (Wildman–Crippen LogP) is 4.26. The second-order valence-electron chi connectivity index (χ2n) is 6.12. The van der Waals surface area contributed by atoms with E-state index in [1.807, 2.05) is 26.8 Å². The minimum absolute atomic E-state index is 0.0236. The Morgan fingerprint density at radius 1 is 1.09 bits per heavy atom. The Bertz CT molecular complexity index is 727. The van der Waals surface area contributed by atoms with Gasteiger partial charge in [0.05, 0.1) is 16.1 Å². The van der Waals surface area contributed by atoms with Gasteiger partial charge in [0.25, 0.3) is 5.69 Å². The molecule has 0 radical (unpaired) electrons. The molecule has 0 saturated carbocycles. The zero-order valence-electron chi connectivity index (χ0n) is 12.7. The number of carboxylic acid groups (broad SMARTS) is 1. The molecule has 0 atom stereocenters. The average Bonchev–Trinajstić information content (AvgIpc) is 2.45. The van der Waals surface area contributed by atoms with Crippen LogP contribution in [0.4, 0.5) is 5.69 Å². The molecule has 0 spiro atoms. The van der Waals surface area contributed by atoms with Gasteiger partial charge in [-0.3, -0.25) is 10.1 Å². The fourth-order valence-electron chi connectivity index (χ4n) is 2.19. The summed E-state index contributed by atoms with van der Waals surface area (Å²) in [5, 5.41) is 20.3. The van der Waals surface area contributed by atoms with Gasteiger partial charge in [-0.2, -0.15) is 0 Å². The van der Waals surface area contributed by atoms with Gasteiger partial charge in [-0.05, 0) is 34.7 Å². The Balaban J connectivity index is 2.55. The first-order chi connectivity index (χ1) is 10.2.